The van der Waals surface area contributed by atoms with Gasteiger partial charge in [0.15, 0.2) is 0 Å². The molecular weight excluding hydrogens is 156 g/mol. The van der Waals surface area contributed by atoms with Crippen LogP contribution in [0.25, 0.3) is 0 Å². The summed E-state index contributed by atoms with van der Waals surface area (Å²) in [5.74, 6) is 0. The van der Waals surface area contributed by atoms with Gasteiger partial charge in [0.2, 0.25) is 0 Å². The van der Waals surface area contributed by atoms with E-state index in [9.17, 15) is 0 Å². The van der Waals surface area contributed by atoms with E-state index in [2.05, 4.69) is 33.4 Å². The minimum atomic E-state index is 1.31. The fraction of sp³-hybridized carbons (Fsp3) is 0.538. The van der Waals surface area contributed by atoms with Gasteiger partial charge in [-0.3, -0.25) is 0 Å². The molecule has 0 unspecified atom stereocenters. The lowest BCUT2D eigenvalue weighted by Crippen LogP contribution is -1.71. The van der Waals surface area contributed by atoms with Gasteiger partial charge in [0.05, 0.1) is 0 Å². The molecule has 0 aromatic rings. The van der Waals surface area contributed by atoms with Crippen LogP contribution in [0.4, 0.5) is 0 Å². The maximum atomic E-state index is 3.58. The van der Waals surface area contributed by atoms with E-state index in [0.717, 1.165) is 0 Å². The van der Waals surface area contributed by atoms with Gasteiger partial charge in [-0.15, -0.1) is 0 Å². The average molecular weight is 182 g/mol. The Morgan fingerprint density at radius 1 is 0.923 bits per heavy atom. The van der Waals surface area contributed by atoms with Gasteiger partial charge in [-0.2, -0.15) is 0 Å². The van der Waals surface area contributed by atoms with Crippen LogP contribution in [0.2, 0.25) is 0 Å². The zero-order valence-electron chi connectivity index (χ0n) is 10.4. The molecule has 0 nitrogen and oxygen atoms in total. The number of hydrogen-bond donors (Lipinski definition) is 0. The maximum absolute atomic E-state index is 3.58. The number of allylic oxidation sites excluding steroid dienone is 5. The Bertz CT molecular complexity index is 143. The minimum absolute atomic E-state index is 1.31. The number of rotatable bonds is 2. The van der Waals surface area contributed by atoms with E-state index in [4.69, 9.17) is 0 Å². The van der Waals surface area contributed by atoms with Crippen molar-refractivity contribution in [2.75, 3.05) is 0 Å². The topological polar surface area (TPSA) is 0 Å². The van der Waals surface area contributed by atoms with E-state index in [-0.39, 0.29) is 0 Å². The molecular formula is C13H26. The summed E-state index contributed by atoms with van der Waals surface area (Å²) in [5.41, 5.74) is 2.67. The Morgan fingerprint density at radius 3 is 1.54 bits per heavy atom. The van der Waals surface area contributed by atoms with Crippen molar-refractivity contribution in [3.63, 3.8) is 0 Å². The van der Waals surface area contributed by atoms with E-state index in [0.29, 0.717) is 0 Å². The van der Waals surface area contributed by atoms with Gasteiger partial charge in [0, 0.05) is 0 Å². The van der Waals surface area contributed by atoms with E-state index in [1.54, 1.807) is 6.08 Å². The molecule has 0 heteroatoms. The third-order valence-electron chi connectivity index (χ3n) is 1.27. The van der Waals surface area contributed by atoms with Crippen LogP contribution >= 0.6 is 0 Å². The molecule has 0 rings (SSSR count). The number of hydrogen-bond acceptors (Lipinski definition) is 0. The van der Waals surface area contributed by atoms with Crippen molar-refractivity contribution in [1.82, 2.24) is 0 Å². The first kappa shape index (κ1) is 18.1. The summed E-state index contributed by atoms with van der Waals surface area (Å²) < 4.78 is 0. The van der Waals surface area contributed by atoms with Gasteiger partial charge in [-0.25, -0.2) is 0 Å². The Kier molecular flexibility index (Phi) is 24.1. The summed E-state index contributed by atoms with van der Waals surface area (Å²) in [6.45, 7) is 17.9. The van der Waals surface area contributed by atoms with E-state index < -0.39 is 0 Å². The molecule has 0 aliphatic heterocycles. The van der Waals surface area contributed by atoms with Crippen LogP contribution in [0.5, 0.6) is 0 Å². The average Bonchev–Trinajstić information content (AvgIpc) is 2.20. The van der Waals surface area contributed by atoms with Crippen molar-refractivity contribution in [3.8, 4) is 0 Å². The molecule has 0 radical (unpaired) electrons. The molecule has 0 aromatic carbocycles. The molecule has 0 N–H and O–H groups in total. The first-order valence-corrected chi connectivity index (χ1v) is 5.11. The second-order valence-corrected chi connectivity index (χ2v) is 2.28. The lowest BCUT2D eigenvalue weighted by molar-refractivity contribution is 1.29. The minimum Gasteiger partial charge on any atom is -0.0991 e. The third-order valence-corrected chi connectivity index (χ3v) is 1.27. The van der Waals surface area contributed by atoms with Crippen molar-refractivity contribution in [2.45, 2.75) is 48.5 Å². The van der Waals surface area contributed by atoms with Crippen LogP contribution in [0, 0.1) is 0 Å². The first-order chi connectivity index (χ1) is 6.18. The van der Waals surface area contributed by atoms with Gasteiger partial charge >= 0.3 is 0 Å². The standard InChI is InChI=1S/C9H14.2C2H6/c1-5-6-7-9(4)8(2)3;2*1-2/h5-7H,1H2,2-4H3;2*1-2H3/b7-6-;;. The molecule has 0 heterocycles. The zero-order valence-corrected chi connectivity index (χ0v) is 10.4. The third kappa shape index (κ3) is 18.3. The quantitative estimate of drug-likeness (QED) is 0.519. The molecule has 0 saturated heterocycles. The molecule has 0 saturated carbocycles. The highest BCUT2D eigenvalue weighted by Gasteiger charge is 1.81. The second-order valence-electron chi connectivity index (χ2n) is 2.28. The van der Waals surface area contributed by atoms with E-state index in [1.165, 1.54) is 11.1 Å². The molecule has 78 valence electrons. The van der Waals surface area contributed by atoms with Gasteiger partial charge in [-0.1, -0.05) is 63.6 Å². The van der Waals surface area contributed by atoms with Crippen LogP contribution in [0.1, 0.15) is 48.5 Å². The van der Waals surface area contributed by atoms with Crippen molar-refractivity contribution in [1.29, 1.82) is 0 Å². The molecule has 0 spiro atoms. The van der Waals surface area contributed by atoms with Crippen LogP contribution in [-0.4, -0.2) is 0 Å². The van der Waals surface area contributed by atoms with Crippen molar-refractivity contribution < 1.29 is 0 Å². The molecule has 0 aromatic heterocycles. The Balaban J connectivity index is -0.000000218. The summed E-state index contributed by atoms with van der Waals surface area (Å²) in [5, 5.41) is 0. The van der Waals surface area contributed by atoms with Crippen molar-refractivity contribution in [3.05, 3.63) is 36.0 Å². The summed E-state index contributed by atoms with van der Waals surface area (Å²) >= 11 is 0. The molecule has 0 aliphatic rings. The predicted octanol–water partition coefficient (Wildman–Crippen LogP) is 5.14. The molecule has 0 aliphatic carbocycles. The van der Waals surface area contributed by atoms with Crippen LogP contribution in [-0.2, 0) is 0 Å². The van der Waals surface area contributed by atoms with Gasteiger partial charge in [0.1, 0.15) is 0 Å². The van der Waals surface area contributed by atoms with Gasteiger partial charge < -0.3 is 0 Å². The highest BCUT2D eigenvalue weighted by atomic mass is 13.9. The summed E-state index contributed by atoms with van der Waals surface area (Å²) in [7, 11) is 0. The van der Waals surface area contributed by atoms with Gasteiger partial charge in [-0.05, 0) is 20.8 Å². The first-order valence-electron chi connectivity index (χ1n) is 5.11. The molecule has 0 fully saturated rings. The Labute approximate surface area is 85.1 Å². The maximum Gasteiger partial charge on any atom is -0.0398 e. The fourth-order valence-electron chi connectivity index (χ4n) is 0.379. The normalized spacial score (nSPS) is 7.62. The molecule has 13 heavy (non-hydrogen) atoms. The van der Waals surface area contributed by atoms with Crippen LogP contribution in [0.3, 0.4) is 0 Å². The largest absolute Gasteiger partial charge is 0.0991 e. The Hall–Kier alpha value is -0.780. The smallest absolute Gasteiger partial charge is 0.0398 e. The van der Waals surface area contributed by atoms with Crippen molar-refractivity contribution in [2.24, 2.45) is 0 Å². The second kappa shape index (κ2) is 17.3. The lowest BCUT2D eigenvalue weighted by atomic mass is 10.2. The highest BCUT2D eigenvalue weighted by molar-refractivity contribution is 5.23. The molecule has 0 amide bonds. The monoisotopic (exact) mass is 182 g/mol. The highest BCUT2D eigenvalue weighted by Crippen LogP contribution is 2.02. The summed E-state index contributed by atoms with van der Waals surface area (Å²) in [6, 6.07) is 0. The van der Waals surface area contributed by atoms with Crippen LogP contribution < -0.4 is 0 Å². The van der Waals surface area contributed by atoms with Gasteiger partial charge in [0.25, 0.3) is 0 Å². The molecule has 0 atom stereocenters. The summed E-state index contributed by atoms with van der Waals surface area (Å²) in [6.07, 6.45) is 5.79. The van der Waals surface area contributed by atoms with E-state index >= 15 is 0 Å². The summed E-state index contributed by atoms with van der Waals surface area (Å²) in [4.78, 5) is 0. The fourth-order valence-corrected chi connectivity index (χ4v) is 0.379. The molecule has 0 bridgehead atoms. The lowest BCUT2D eigenvalue weighted by Gasteiger charge is -1.92. The van der Waals surface area contributed by atoms with Crippen LogP contribution in [0.15, 0.2) is 36.0 Å². The van der Waals surface area contributed by atoms with Crippen molar-refractivity contribution >= 4 is 0 Å². The SMILES string of the molecule is C=C/C=C\C(C)=C(C)C.CC.CC. The predicted molar refractivity (Wildman–Crippen MR) is 66.1 cm³/mol. The Morgan fingerprint density at radius 2 is 1.31 bits per heavy atom. The zero-order chi connectivity index (χ0) is 11.3. The van der Waals surface area contributed by atoms with E-state index in [1.807, 2.05) is 33.8 Å².